The Bertz CT molecular complexity index is 938. The van der Waals surface area contributed by atoms with Gasteiger partial charge in [0.05, 0.1) is 6.10 Å². The van der Waals surface area contributed by atoms with Crippen LogP contribution in [0.3, 0.4) is 0 Å². The van der Waals surface area contributed by atoms with Crippen molar-refractivity contribution in [2.75, 3.05) is 0 Å². The van der Waals surface area contributed by atoms with Gasteiger partial charge in [-0.05, 0) is 60.7 Å². The van der Waals surface area contributed by atoms with Crippen LogP contribution in [0.2, 0.25) is 18.1 Å². The van der Waals surface area contributed by atoms with Gasteiger partial charge in [0.25, 0.3) is 0 Å². The lowest BCUT2D eigenvalue weighted by Gasteiger charge is -2.55. The van der Waals surface area contributed by atoms with E-state index in [1.807, 2.05) is 13.8 Å². The van der Waals surface area contributed by atoms with Crippen molar-refractivity contribution in [3.8, 4) is 0 Å². The van der Waals surface area contributed by atoms with Crippen LogP contribution in [0, 0.1) is 22.7 Å². The molecule has 5 heteroatoms. The molecule has 184 valence electrons. The van der Waals surface area contributed by atoms with Crippen molar-refractivity contribution < 1.29 is 18.7 Å². The van der Waals surface area contributed by atoms with E-state index in [-0.39, 0.29) is 22.0 Å². The number of carbonyl (C=O) groups is 1. The highest BCUT2D eigenvalue weighted by atomic mass is 28.4. The molecular weight excluding hydrogens is 428 g/mol. The third-order valence-electron chi connectivity index (χ3n) is 10.3. The second-order valence-electron chi connectivity index (χ2n) is 13.9. The van der Waals surface area contributed by atoms with E-state index in [1.165, 1.54) is 17.6 Å². The average molecular weight is 473 g/mol. The number of hydrogen-bond donors (Lipinski definition) is 0. The maximum Gasteiger partial charge on any atom is 0.205 e. The molecular formula is C28H44O4Si. The van der Waals surface area contributed by atoms with Crippen molar-refractivity contribution in [3.05, 3.63) is 23.0 Å². The molecule has 5 aliphatic rings. The monoisotopic (exact) mass is 472 g/mol. The van der Waals surface area contributed by atoms with E-state index in [0.29, 0.717) is 36.6 Å². The highest BCUT2D eigenvalue weighted by Crippen LogP contribution is 2.66. The topological polar surface area (TPSA) is 44.8 Å². The van der Waals surface area contributed by atoms with Crippen molar-refractivity contribution in [1.82, 2.24) is 0 Å². The van der Waals surface area contributed by atoms with Gasteiger partial charge in [0.15, 0.2) is 8.32 Å². The zero-order chi connectivity index (χ0) is 24.2. The number of hydrogen-bond acceptors (Lipinski definition) is 4. The fourth-order valence-electron chi connectivity index (χ4n) is 7.35. The van der Waals surface area contributed by atoms with Gasteiger partial charge in [-0.3, -0.25) is 4.79 Å². The summed E-state index contributed by atoms with van der Waals surface area (Å²) in [5, 5.41) is 0.210. The Hall–Kier alpha value is -0.913. The SMILES string of the molecule is CC1(C)OC2=C3CC(=O)CC[C@]3(C)C3=CC[C@@]4(C)C(CC[C@@H]4O[Si](C)(C)C(C)(C)C)C3[C@H]2O1. The standard InChI is InChI=1S/C28H44O4Si/c1-25(2,3)33(8,9)32-21-11-10-18-22-19(13-15-28(18,21)7)27(6)14-12-17(29)16-20(27)23-24(22)31-26(4,5)30-23/h13,18,21-22,24H,10-12,14-16H2,1-9H3/t18?,21-,22?,24+,27+,28-/m0/s1. The number of ether oxygens (including phenoxy) is 2. The highest BCUT2D eigenvalue weighted by molar-refractivity contribution is 6.74. The van der Waals surface area contributed by atoms with Crippen LogP contribution in [0.5, 0.6) is 0 Å². The average Bonchev–Trinajstić information content (AvgIpc) is 3.18. The molecule has 0 bridgehead atoms. The summed E-state index contributed by atoms with van der Waals surface area (Å²) in [7, 11) is -1.86. The van der Waals surface area contributed by atoms with Gasteiger partial charge in [-0.2, -0.15) is 0 Å². The molecule has 2 unspecified atom stereocenters. The molecule has 0 amide bonds. The zero-order valence-electron chi connectivity index (χ0n) is 22.3. The molecule has 1 saturated heterocycles. The minimum atomic E-state index is -1.86. The summed E-state index contributed by atoms with van der Waals surface area (Å²) in [6, 6.07) is 0. The van der Waals surface area contributed by atoms with E-state index in [1.54, 1.807) is 0 Å². The third kappa shape index (κ3) is 3.39. The first kappa shape index (κ1) is 23.8. The quantitative estimate of drug-likeness (QED) is 0.323. The predicted octanol–water partition coefficient (Wildman–Crippen LogP) is 6.92. The van der Waals surface area contributed by atoms with Crippen LogP contribution in [0.25, 0.3) is 0 Å². The first-order chi connectivity index (χ1) is 15.1. The zero-order valence-corrected chi connectivity index (χ0v) is 23.3. The molecule has 4 nitrogen and oxygen atoms in total. The summed E-state index contributed by atoms with van der Waals surface area (Å²) >= 11 is 0. The van der Waals surface area contributed by atoms with Crippen LogP contribution < -0.4 is 0 Å². The number of ketones is 1. The molecule has 1 aliphatic heterocycles. The smallest absolute Gasteiger partial charge is 0.205 e. The third-order valence-corrected chi connectivity index (χ3v) is 14.8. The van der Waals surface area contributed by atoms with Gasteiger partial charge >= 0.3 is 0 Å². The first-order valence-corrected chi connectivity index (χ1v) is 16.0. The maximum atomic E-state index is 12.5. The number of rotatable bonds is 2. The Morgan fingerprint density at radius 1 is 1.12 bits per heavy atom. The lowest BCUT2D eigenvalue weighted by atomic mass is 9.51. The van der Waals surface area contributed by atoms with Gasteiger partial charge in [-0.25, -0.2) is 0 Å². The summed E-state index contributed by atoms with van der Waals surface area (Å²) in [6.07, 6.45) is 8.22. The van der Waals surface area contributed by atoms with Crippen molar-refractivity contribution in [2.45, 2.75) is 123 Å². The first-order valence-electron chi connectivity index (χ1n) is 13.1. The Morgan fingerprint density at radius 2 is 1.82 bits per heavy atom. The minimum absolute atomic E-state index is 0.0727. The lowest BCUT2D eigenvalue weighted by Crippen LogP contribution is -2.53. The molecule has 6 atom stereocenters. The van der Waals surface area contributed by atoms with E-state index >= 15 is 0 Å². The molecule has 0 radical (unpaired) electrons. The Kier molecular flexibility index (Phi) is 5.10. The molecule has 3 fully saturated rings. The van der Waals surface area contributed by atoms with Gasteiger partial charge in [-0.1, -0.05) is 46.3 Å². The van der Waals surface area contributed by atoms with Gasteiger partial charge in [0, 0.05) is 38.0 Å². The molecule has 33 heavy (non-hydrogen) atoms. The van der Waals surface area contributed by atoms with E-state index in [2.05, 4.69) is 53.8 Å². The van der Waals surface area contributed by atoms with Crippen LogP contribution in [-0.2, 0) is 18.7 Å². The maximum absolute atomic E-state index is 12.5. The second kappa shape index (κ2) is 7.07. The fourth-order valence-corrected chi connectivity index (χ4v) is 8.80. The van der Waals surface area contributed by atoms with Gasteiger partial charge in [-0.15, -0.1) is 0 Å². The van der Waals surface area contributed by atoms with Gasteiger partial charge in [0.1, 0.15) is 17.6 Å². The van der Waals surface area contributed by atoms with Gasteiger partial charge < -0.3 is 13.9 Å². The number of allylic oxidation sites excluding steroid dienone is 2. The lowest BCUT2D eigenvalue weighted by molar-refractivity contribution is -0.145. The normalized spacial score (nSPS) is 42.2. The van der Waals surface area contributed by atoms with Crippen molar-refractivity contribution in [3.63, 3.8) is 0 Å². The second-order valence-corrected chi connectivity index (χ2v) is 18.6. The highest BCUT2D eigenvalue weighted by Gasteiger charge is 2.63. The Balaban J connectivity index is 1.56. The molecule has 0 spiro atoms. The molecule has 5 rings (SSSR count). The van der Waals surface area contributed by atoms with Crippen molar-refractivity contribution >= 4 is 14.1 Å². The fraction of sp³-hybridized carbons (Fsp3) is 0.821. The largest absolute Gasteiger partial charge is 0.465 e. The summed E-state index contributed by atoms with van der Waals surface area (Å²) < 4.78 is 20.2. The van der Waals surface area contributed by atoms with Crippen LogP contribution in [0.15, 0.2) is 23.0 Å². The molecule has 2 saturated carbocycles. The van der Waals surface area contributed by atoms with Crippen molar-refractivity contribution in [2.24, 2.45) is 22.7 Å². The number of fused-ring (bicyclic) bond motifs is 7. The predicted molar refractivity (Wildman–Crippen MR) is 133 cm³/mol. The van der Waals surface area contributed by atoms with Crippen LogP contribution in [0.4, 0.5) is 0 Å². The molecule has 4 aliphatic carbocycles. The van der Waals surface area contributed by atoms with E-state index in [4.69, 9.17) is 13.9 Å². The summed E-state index contributed by atoms with van der Waals surface area (Å²) in [4.78, 5) is 12.5. The molecule has 0 N–H and O–H groups in total. The Labute approximate surface area is 201 Å². The molecule has 0 aromatic carbocycles. The summed E-state index contributed by atoms with van der Waals surface area (Å²) in [5.41, 5.74) is 2.76. The van der Waals surface area contributed by atoms with E-state index < -0.39 is 14.1 Å². The van der Waals surface area contributed by atoms with Crippen molar-refractivity contribution in [1.29, 1.82) is 0 Å². The van der Waals surface area contributed by atoms with Gasteiger partial charge in [0.2, 0.25) is 5.79 Å². The van der Waals surface area contributed by atoms with Crippen LogP contribution >= 0.6 is 0 Å². The van der Waals surface area contributed by atoms with Crippen LogP contribution in [0.1, 0.15) is 87.0 Å². The summed E-state index contributed by atoms with van der Waals surface area (Å²) in [6.45, 7) is 20.7. The number of carbonyl (C=O) groups excluding carboxylic acids is 1. The van der Waals surface area contributed by atoms with E-state index in [9.17, 15) is 4.79 Å². The number of Topliss-reactive ketones (excluding diaryl/α,β-unsaturated/α-hetero) is 1. The van der Waals surface area contributed by atoms with Crippen LogP contribution in [-0.4, -0.2) is 32.1 Å². The minimum Gasteiger partial charge on any atom is -0.465 e. The van der Waals surface area contributed by atoms with E-state index in [0.717, 1.165) is 25.0 Å². The summed E-state index contributed by atoms with van der Waals surface area (Å²) in [5.74, 6) is 1.50. The molecule has 1 heterocycles. The molecule has 0 aromatic rings. The Morgan fingerprint density at radius 3 is 2.48 bits per heavy atom. The molecule has 0 aromatic heterocycles.